The van der Waals surface area contributed by atoms with Gasteiger partial charge in [-0.3, -0.25) is 0 Å². The van der Waals surface area contributed by atoms with Crippen LogP contribution >= 0.6 is 0 Å². The van der Waals surface area contributed by atoms with E-state index in [2.05, 4.69) is 26.8 Å². The molecule has 0 aromatic heterocycles. The molecule has 0 bridgehead atoms. The molecule has 5 unspecified atom stereocenters. The Balaban J connectivity index is 1.59. The van der Waals surface area contributed by atoms with E-state index >= 15 is 0 Å². The first kappa shape index (κ1) is 17.6. The molecule has 5 atom stereocenters. The summed E-state index contributed by atoms with van der Waals surface area (Å²) in [7, 11) is 0. The van der Waals surface area contributed by atoms with Crippen LogP contribution in [0.2, 0.25) is 0 Å². The molecular formula is C23H36O2. The first-order valence-electron chi connectivity index (χ1n) is 10.8. The lowest BCUT2D eigenvalue weighted by atomic mass is 9.51. The van der Waals surface area contributed by atoms with Crippen LogP contribution < -0.4 is 0 Å². The molecule has 2 heteroatoms. The van der Waals surface area contributed by atoms with Crippen LogP contribution in [0.25, 0.3) is 0 Å². The van der Waals surface area contributed by atoms with Crippen LogP contribution in [0.15, 0.2) is 11.6 Å². The summed E-state index contributed by atoms with van der Waals surface area (Å²) in [5, 5.41) is 0. The highest BCUT2D eigenvalue weighted by atomic mass is 16.5. The van der Waals surface area contributed by atoms with Crippen molar-refractivity contribution in [3.63, 3.8) is 0 Å². The molecule has 1 heterocycles. The Hall–Kier alpha value is -0.790. The maximum absolute atomic E-state index is 12.3. The molecule has 0 radical (unpaired) electrons. The van der Waals surface area contributed by atoms with Gasteiger partial charge in [-0.1, -0.05) is 40.0 Å². The van der Waals surface area contributed by atoms with Gasteiger partial charge < -0.3 is 4.74 Å². The molecule has 3 aliphatic carbocycles. The number of hydrogen-bond acceptors (Lipinski definition) is 2. The lowest BCUT2D eigenvalue weighted by Crippen LogP contribution is -2.45. The fourth-order valence-electron chi connectivity index (χ4n) is 6.69. The summed E-state index contributed by atoms with van der Waals surface area (Å²) in [4.78, 5) is 12.3. The van der Waals surface area contributed by atoms with E-state index in [1.54, 1.807) is 0 Å². The third-order valence-corrected chi connectivity index (χ3v) is 8.50. The number of rotatable bonds is 4. The van der Waals surface area contributed by atoms with Crippen molar-refractivity contribution in [3.8, 4) is 0 Å². The fourth-order valence-corrected chi connectivity index (χ4v) is 6.69. The van der Waals surface area contributed by atoms with Gasteiger partial charge in [0.1, 0.15) is 6.61 Å². The summed E-state index contributed by atoms with van der Waals surface area (Å²) in [5.74, 6) is 4.66. The molecule has 1 aliphatic heterocycles. The third-order valence-electron chi connectivity index (χ3n) is 8.50. The second-order valence-corrected chi connectivity index (χ2v) is 10.2. The van der Waals surface area contributed by atoms with Crippen molar-refractivity contribution in [2.75, 3.05) is 6.61 Å². The van der Waals surface area contributed by atoms with Crippen molar-refractivity contribution in [2.45, 2.75) is 78.6 Å². The van der Waals surface area contributed by atoms with Gasteiger partial charge in [0.05, 0.1) is 0 Å². The summed E-state index contributed by atoms with van der Waals surface area (Å²) >= 11 is 0. The number of ether oxygens (including phenoxy) is 1. The largest absolute Gasteiger partial charge is 0.458 e. The Morgan fingerprint density at radius 1 is 1.12 bits per heavy atom. The summed E-state index contributed by atoms with van der Waals surface area (Å²) in [6.07, 6.45) is 14.4. The number of hydrogen-bond donors (Lipinski definition) is 0. The molecule has 2 nitrogen and oxygen atoms in total. The Labute approximate surface area is 153 Å². The zero-order valence-corrected chi connectivity index (χ0v) is 16.4. The highest BCUT2D eigenvalue weighted by Gasteiger charge is 2.48. The smallest absolute Gasteiger partial charge is 0.334 e. The normalized spacial score (nSPS) is 39.2. The average Bonchev–Trinajstić information content (AvgIpc) is 2.93. The highest BCUT2D eigenvalue weighted by molar-refractivity contribution is 5.91. The van der Waals surface area contributed by atoms with Crippen LogP contribution in [0.5, 0.6) is 0 Å². The van der Waals surface area contributed by atoms with E-state index in [1.165, 1.54) is 57.8 Å². The molecule has 0 amide bonds. The topological polar surface area (TPSA) is 26.3 Å². The van der Waals surface area contributed by atoms with Crippen molar-refractivity contribution in [3.05, 3.63) is 11.6 Å². The van der Waals surface area contributed by atoms with Gasteiger partial charge >= 0.3 is 5.97 Å². The minimum Gasteiger partial charge on any atom is -0.458 e. The van der Waals surface area contributed by atoms with Crippen LogP contribution in [-0.2, 0) is 9.53 Å². The molecule has 140 valence electrons. The SMILES string of the molecule is CC1CCCC2C1CCC(C)(C)C2CC(C1=CCOC1=O)C1CCC1. The van der Waals surface area contributed by atoms with Gasteiger partial charge in [-0.2, -0.15) is 0 Å². The van der Waals surface area contributed by atoms with E-state index in [4.69, 9.17) is 4.74 Å². The van der Waals surface area contributed by atoms with Crippen LogP contribution in [-0.4, -0.2) is 12.6 Å². The number of cyclic esters (lactones) is 1. The maximum atomic E-state index is 12.3. The van der Waals surface area contributed by atoms with Gasteiger partial charge in [-0.05, 0) is 85.5 Å². The van der Waals surface area contributed by atoms with Crippen molar-refractivity contribution < 1.29 is 9.53 Å². The lowest BCUT2D eigenvalue weighted by molar-refractivity contribution is -0.137. The second-order valence-electron chi connectivity index (χ2n) is 10.2. The van der Waals surface area contributed by atoms with Crippen LogP contribution in [0.3, 0.4) is 0 Å². The van der Waals surface area contributed by atoms with E-state index in [0.29, 0.717) is 17.9 Å². The summed E-state index contributed by atoms with van der Waals surface area (Å²) in [5.41, 5.74) is 1.45. The number of carbonyl (C=O) groups excluding carboxylic acids is 1. The van der Waals surface area contributed by atoms with Gasteiger partial charge in [-0.15, -0.1) is 0 Å². The second kappa shape index (κ2) is 6.74. The Morgan fingerprint density at radius 2 is 1.88 bits per heavy atom. The van der Waals surface area contributed by atoms with Gasteiger partial charge in [0.2, 0.25) is 0 Å². The van der Waals surface area contributed by atoms with Crippen molar-refractivity contribution in [2.24, 2.45) is 40.9 Å². The molecule has 25 heavy (non-hydrogen) atoms. The molecule has 0 saturated heterocycles. The molecular weight excluding hydrogens is 308 g/mol. The van der Waals surface area contributed by atoms with Crippen molar-refractivity contribution >= 4 is 5.97 Å². The summed E-state index contributed by atoms with van der Waals surface area (Å²) < 4.78 is 5.30. The maximum Gasteiger partial charge on any atom is 0.334 e. The van der Waals surface area contributed by atoms with Crippen molar-refractivity contribution in [1.82, 2.24) is 0 Å². The van der Waals surface area contributed by atoms with Crippen LogP contribution in [0.4, 0.5) is 0 Å². The van der Waals surface area contributed by atoms with E-state index in [9.17, 15) is 4.79 Å². The lowest BCUT2D eigenvalue weighted by Gasteiger charge is -2.54. The number of carbonyl (C=O) groups is 1. The number of esters is 1. The third kappa shape index (κ3) is 3.19. The first-order chi connectivity index (χ1) is 12.0. The minimum absolute atomic E-state index is 0.0147. The monoisotopic (exact) mass is 344 g/mol. The molecule has 0 N–H and O–H groups in total. The van der Waals surface area contributed by atoms with Gasteiger partial charge in [-0.25, -0.2) is 4.79 Å². The predicted molar refractivity (Wildman–Crippen MR) is 101 cm³/mol. The quantitative estimate of drug-likeness (QED) is 0.606. The minimum atomic E-state index is -0.0147. The average molecular weight is 345 g/mol. The highest BCUT2D eigenvalue weighted by Crippen LogP contribution is 2.57. The van der Waals surface area contributed by atoms with E-state index in [-0.39, 0.29) is 5.97 Å². The number of fused-ring (bicyclic) bond motifs is 1. The molecule has 0 aromatic rings. The molecule has 0 spiro atoms. The predicted octanol–water partition coefficient (Wildman–Crippen LogP) is 5.76. The Morgan fingerprint density at radius 3 is 2.52 bits per heavy atom. The Bertz CT molecular complexity index is 542. The summed E-state index contributed by atoms with van der Waals surface area (Å²) in [6, 6.07) is 0. The van der Waals surface area contributed by atoms with Gasteiger partial charge in [0.15, 0.2) is 0 Å². The van der Waals surface area contributed by atoms with Crippen molar-refractivity contribution in [1.29, 1.82) is 0 Å². The van der Waals surface area contributed by atoms with Gasteiger partial charge in [0, 0.05) is 5.57 Å². The van der Waals surface area contributed by atoms with E-state index < -0.39 is 0 Å². The Kier molecular flexibility index (Phi) is 4.75. The molecule has 3 fully saturated rings. The van der Waals surface area contributed by atoms with Crippen LogP contribution in [0.1, 0.15) is 78.6 Å². The summed E-state index contributed by atoms with van der Waals surface area (Å²) in [6.45, 7) is 8.01. The fraction of sp³-hybridized carbons (Fsp3) is 0.870. The van der Waals surface area contributed by atoms with E-state index in [0.717, 1.165) is 35.2 Å². The molecule has 4 aliphatic rings. The first-order valence-corrected chi connectivity index (χ1v) is 10.8. The van der Waals surface area contributed by atoms with Gasteiger partial charge in [0.25, 0.3) is 0 Å². The molecule has 4 rings (SSSR count). The molecule has 0 aromatic carbocycles. The standard InChI is InChI=1S/C23H36O2/c1-15-6-4-9-18-17(15)10-12-23(2,3)21(18)14-20(16-7-5-8-16)19-11-13-25-22(19)24/h11,15-18,20-21H,4-10,12-14H2,1-3H3. The van der Waals surface area contributed by atoms with E-state index in [1.807, 2.05) is 0 Å². The zero-order chi connectivity index (χ0) is 17.6. The van der Waals surface area contributed by atoms with Crippen LogP contribution in [0, 0.1) is 40.9 Å². The zero-order valence-electron chi connectivity index (χ0n) is 16.4. The molecule has 3 saturated carbocycles.